The number of hydrogen-bond donors (Lipinski definition) is 0. The van der Waals surface area contributed by atoms with E-state index in [0.29, 0.717) is 15.0 Å². The van der Waals surface area contributed by atoms with Gasteiger partial charge in [-0.3, -0.25) is 0 Å². The van der Waals surface area contributed by atoms with Crippen LogP contribution in [0.3, 0.4) is 0 Å². The normalized spacial score (nSPS) is 12.4. The average molecular weight is 327 g/mol. The Bertz CT molecular complexity index is 444. The van der Waals surface area contributed by atoms with Crippen LogP contribution in [0.2, 0.25) is 25.5 Å². The molecule has 0 aromatic heterocycles. The molecule has 0 heterocycles. The topological polar surface area (TPSA) is 26.3 Å². The Morgan fingerprint density at radius 3 is 2.17 bits per heavy atom. The third-order valence-corrected chi connectivity index (χ3v) is 10.3. The van der Waals surface area contributed by atoms with E-state index in [4.69, 9.17) is 4.74 Å². The number of methoxy groups -OCH3 is 1. The first-order chi connectivity index (χ1) is 8.38. The summed E-state index contributed by atoms with van der Waals surface area (Å²) in [5, 5.41) is 0. The van der Waals surface area contributed by atoms with Crippen molar-refractivity contribution in [1.29, 1.82) is 0 Å². The predicted octanol–water partition coefficient (Wildman–Crippen LogP) is 3.39. The fourth-order valence-corrected chi connectivity index (χ4v) is 7.04. The van der Waals surface area contributed by atoms with E-state index >= 15 is 0 Å². The van der Waals surface area contributed by atoms with E-state index in [0.717, 1.165) is 11.3 Å². The van der Waals surface area contributed by atoms with Gasteiger partial charge in [0.2, 0.25) is 0 Å². The van der Waals surface area contributed by atoms with Crippen LogP contribution in [0.15, 0.2) is 34.4 Å². The molecule has 98 valence electrons. The Morgan fingerprint density at radius 2 is 1.78 bits per heavy atom. The summed E-state index contributed by atoms with van der Waals surface area (Å²) in [6, 6.07) is 7.29. The van der Waals surface area contributed by atoms with Crippen LogP contribution in [-0.2, 0) is 0 Å². The van der Waals surface area contributed by atoms with Gasteiger partial charge in [0.05, 0.1) is 0 Å². The van der Waals surface area contributed by atoms with Crippen LogP contribution >= 0.6 is 0 Å². The van der Waals surface area contributed by atoms with Crippen molar-refractivity contribution in [2.75, 3.05) is 7.11 Å². The molecule has 0 atom stereocenters. The van der Waals surface area contributed by atoms with Gasteiger partial charge in [-0.15, -0.1) is 0 Å². The number of ketones is 1. The Kier molecular flexibility index (Phi) is 5.39. The summed E-state index contributed by atoms with van der Waals surface area (Å²) in [5.74, 6) is 3.07. The second kappa shape index (κ2) is 6.37. The molecule has 0 aliphatic heterocycles. The van der Waals surface area contributed by atoms with Gasteiger partial charge in [-0.05, 0) is 0 Å². The Morgan fingerprint density at radius 1 is 1.22 bits per heavy atom. The third-order valence-electron chi connectivity index (χ3n) is 2.60. The van der Waals surface area contributed by atoms with Crippen LogP contribution in [0.25, 0.3) is 0 Å². The Hall–Kier alpha value is -0.834. The molecule has 0 unspecified atom stereocenters. The van der Waals surface area contributed by atoms with Crippen molar-refractivity contribution in [3.8, 4) is 5.75 Å². The quantitative estimate of drug-likeness (QED) is 0.471. The van der Waals surface area contributed by atoms with Crippen LogP contribution < -0.4 is 4.74 Å². The molecular weight excluding hydrogens is 307 g/mol. The summed E-state index contributed by atoms with van der Waals surface area (Å²) < 4.78 is 6.46. The van der Waals surface area contributed by atoms with E-state index in [1.54, 1.807) is 7.11 Å². The maximum absolute atomic E-state index is 12.2. The van der Waals surface area contributed by atoms with E-state index in [1.165, 1.54) is 4.09 Å². The van der Waals surface area contributed by atoms with Crippen molar-refractivity contribution < 1.29 is 9.53 Å². The van der Waals surface area contributed by atoms with E-state index in [1.807, 2.05) is 30.3 Å². The average Bonchev–Trinajstić information content (AvgIpc) is 2.34. The standard InChI is InChI=1S/C14H20O2SeSi/c1-16-12-8-6-11(7-9-12)13(15)10-14(17-2)18(3,4)5/h6-10H,1-5H3/b14-10+. The first-order valence-corrected chi connectivity index (χ1v) is 11.9. The summed E-state index contributed by atoms with van der Waals surface area (Å²) >= 11 is 0.409. The molecule has 0 N–H and O–H groups in total. The van der Waals surface area contributed by atoms with E-state index < -0.39 is 8.07 Å². The SMILES string of the molecule is COc1ccc(C(=O)/C=C(\[Se]C)[Si](C)(C)C)cc1. The number of carbonyl (C=O) groups is 1. The van der Waals surface area contributed by atoms with Crippen LogP contribution in [-0.4, -0.2) is 35.9 Å². The number of carbonyl (C=O) groups excluding carboxylic acids is 1. The van der Waals surface area contributed by atoms with Gasteiger partial charge in [-0.25, -0.2) is 0 Å². The second-order valence-electron chi connectivity index (χ2n) is 5.06. The number of benzene rings is 1. The van der Waals surface area contributed by atoms with Gasteiger partial charge < -0.3 is 0 Å². The van der Waals surface area contributed by atoms with Crippen LogP contribution in [0.1, 0.15) is 10.4 Å². The van der Waals surface area contributed by atoms with Crippen molar-refractivity contribution in [2.45, 2.75) is 25.5 Å². The van der Waals surface area contributed by atoms with Crippen molar-refractivity contribution in [1.82, 2.24) is 0 Å². The zero-order valence-electron chi connectivity index (χ0n) is 11.6. The number of rotatable bonds is 5. The fraction of sp³-hybridized carbons (Fsp3) is 0.357. The summed E-state index contributed by atoms with van der Waals surface area (Å²) in [6.07, 6.45) is 1.86. The molecule has 0 bridgehead atoms. The molecule has 0 aliphatic carbocycles. The van der Waals surface area contributed by atoms with Gasteiger partial charge in [-0.2, -0.15) is 0 Å². The fourth-order valence-electron chi connectivity index (χ4n) is 1.54. The van der Waals surface area contributed by atoms with Crippen LogP contribution in [0.5, 0.6) is 5.75 Å². The molecule has 1 rings (SSSR count). The van der Waals surface area contributed by atoms with Gasteiger partial charge in [0.15, 0.2) is 0 Å². The predicted molar refractivity (Wildman–Crippen MR) is 80.4 cm³/mol. The monoisotopic (exact) mass is 328 g/mol. The van der Waals surface area contributed by atoms with E-state index in [-0.39, 0.29) is 5.78 Å². The third kappa shape index (κ3) is 4.12. The molecule has 0 amide bonds. The maximum atomic E-state index is 12.2. The zero-order valence-corrected chi connectivity index (χ0v) is 14.3. The van der Waals surface area contributed by atoms with Crippen molar-refractivity contribution in [3.63, 3.8) is 0 Å². The second-order valence-corrected chi connectivity index (χ2v) is 12.7. The molecule has 4 heteroatoms. The van der Waals surface area contributed by atoms with Gasteiger partial charge >= 0.3 is 117 Å². The summed E-state index contributed by atoms with van der Waals surface area (Å²) in [4.78, 5) is 12.2. The molecule has 0 aliphatic rings. The van der Waals surface area contributed by atoms with E-state index in [2.05, 4.69) is 25.5 Å². The first-order valence-electron chi connectivity index (χ1n) is 5.83. The summed E-state index contributed by atoms with van der Waals surface area (Å²) in [7, 11) is 0.268. The first kappa shape index (κ1) is 15.2. The minimum absolute atomic E-state index is 0.110. The van der Waals surface area contributed by atoms with Gasteiger partial charge in [0.1, 0.15) is 0 Å². The van der Waals surface area contributed by atoms with Gasteiger partial charge in [-0.1, -0.05) is 0 Å². The van der Waals surface area contributed by atoms with E-state index in [9.17, 15) is 4.79 Å². The number of allylic oxidation sites excluding steroid dienone is 1. The molecule has 18 heavy (non-hydrogen) atoms. The summed E-state index contributed by atoms with van der Waals surface area (Å²) in [5.41, 5.74) is 0.732. The van der Waals surface area contributed by atoms with Gasteiger partial charge in [0.25, 0.3) is 0 Å². The zero-order chi connectivity index (χ0) is 13.8. The molecule has 0 spiro atoms. The Balaban J connectivity index is 2.96. The molecular formula is C14H20O2SeSi. The molecule has 0 saturated carbocycles. The van der Waals surface area contributed by atoms with Crippen molar-refractivity contribution in [2.24, 2.45) is 0 Å². The number of hydrogen-bond acceptors (Lipinski definition) is 2. The Labute approximate surface area is 117 Å². The molecule has 0 radical (unpaired) electrons. The summed E-state index contributed by atoms with van der Waals surface area (Å²) in [6.45, 7) is 6.85. The molecule has 1 aromatic carbocycles. The van der Waals surface area contributed by atoms with Crippen LogP contribution in [0.4, 0.5) is 0 Å². The minimum atomic E-state index is -1.36. The molecule has 0 fully saturated rings. The molecule has 0 saturated heterocycles. The number of ether oxygens (including phenoxy) is 1. The van der Waals surface area contributed by atoms with Crippen molar-refractivity contribution in [3.05, 3.63) is 40.0 Å². The van der Waals surface area contributed by atoms with Gasteiger partial charge in [0, 0.05) is 0 Å². The molecule has 1 aromatic rings. The van der Waals surface area contributed by atoms with Crippen molar-refractivity contribution >= 4 is 28.8 Å². The molecule has 2 nitrogen and oxygen atoms in total. The van der Waals surface area contributed by atoms with Crippen LogP contribution in [0, 0.1) is 0 Å².